The number of ether oxygens (including phenoxy) is 1. The second-order valence-electron chi connectivity index (χ2n) is 6.45. The Morgan fingerprint density at radius 2 is 1.88 bits per heavy atom. The predicted molar refractivity (Wildman–Crippen MR) is 100 cm³/mol. The Labute approximate surface area is 148 Å². The molecule has 1 aliphatic rings. The smallest absolute Gasteiger partial charge is 0.274 e. The first-order valence-corrected chi connectivity index (χ1v) is 8.92. The zero-order valence-corrected chi connectivity index (χ0v) is 14.6. The number of hydrogen-bond donors (Lipinski definition) is 2. The second-order valence-corrected chi connectivity index (χ2v) is 6.45. The molecule has 0 bridgehead atoms. The first-order valence-electron chi connectivity index (χ1n) is 8.92. The van der Waals surface area contributed by atoms with Crippen molar-refractivity contribution in [3.05, 3.63) is 48.3 Å². The van der Waals surface area contributed by atoms with Gasteiger partial charge < -0.3 is 15.4 Å². The van der Waals surface area contributed by atoms with E-state index in [9.17, 15) is 4.79 Å². The molecule has 1 amide bonds. The minimum Gasteiger partial charge on any atom is -0.497 e. The van der Waals surface area contributed by atoms with E-state index in [1.165, 1.54) is 38.5 Å². The van der Waals surface area contributed by atoms with E-state index in [4.69, 9.17) is 4.74 Å². The number of anilines is 2. The number of benzene rings is 1. The molecule has 1 fully saturated rings. The van der Waals surface area contributed by atoms with Crippen molar-refractivity contribution in [2.45, 2.75) is 44.6 Å². The van der Waals surface area contributed by atoms with Crippen molar-refractivity contribution in [2.24, 2.45) is 0 Å². The maximum atomic E-state index is 12.3. The molecule has 1 heterocycles. The molecular weight excluding hydrogens is 314 g/mol. The minimum absolute atomic E-state index is 0.228. The monoisotopic (exact) mass is 339 g/mol. The molecule has 0 radical (unpaired) electrons. The van der Waals surface area contributed by atoms with E-state index >= 15 is 0 Å². The molecule has 132 valence electrons. The quantitative estimate of drug-likeness (QED) is 0.789. The van der Waals surface area contributed by atoms with Crippen molar-refractivity contribution < 1.29 is 9.53 Å². The average Bonchev–Trinajstić information content (AvgIpc) is 2.91. The van der Waals surface area contributed by atoms with Crippen LogP contribution in [0.2, 0.25) is 0 Å². The van der Waals surface area contributed by atoms with Gasteiger partial charge in [0, 0.05) is 17.8 Å². The van der Waals surface area contributed by atoms with Gasteiger partial charge in [-0.2, -0.15) is 0 Å². The van der Waals surface area contributed by atoms with Crippen molar-refractivity contribution >= 4 is 17.3 Å². The summed E-state index contributed by atoms with van der Waals surface area (Å²) in [6, 6.07) is 11.5. The summed E-state index contributed by atoms with van der Waals surface area (Å²) in [6.07, 6.45) is 9.39. The van der Waals surface area contributed by atoms with Gasteiger partial charge in [-0.05, 0) is 37.1 Å². The lowest BCUT2D eigenvalue weighted by molar-refractivity contribution is 0.102. The molecule has 2 aromatic rings. The molecule has 0 spiro atoms. The highest BCUT2D eigenvalue weighted by molar-refractivity contribution is 6.03. The Bertz CT molecular complexity index is 692. The lowest BCUT2D eigenvalue weighted by Crippen LogP contribution is -2.19. The Morgan fingerprint density at radius 3 is 2.56 bits per heavy atom. The van der Waals surface area contributed by atoms with E-state index in [0.717, 1.165) is 5.69 Å². The van der Waals surface area contributed by atoms with Gasteiger partial charge in [0.2, 0.25) is 0 Å². The number of carbonyl (C=O) groups excluding carboxylic acids is 1. The zero-order chi connectivity index (χ0) is 17.5. The topological polar surface area (TPSA) is 63.2 Å². The molecule has 1 saturated carbocycles. The molecule has 5 heteroatoms. The van der Waals surface area contributed by atoms with Crippen LogP contribution in [0.15, 0.2) is 42.6 Å². The SMILES string of the molecule is COc1cccc(NC(=O)c2ccc(NC3CCCCCC3)cn2)c1. The van der Waals surface area contributed by atoms with Crippen LogP contribution in [0.1, 0.15) is 49.0 Å². The van der Waals surface area contributed by atoms with Crippen molar-refractivity contribution in [1.29, 1.82) is 0 Å². The van der Waals surface area contributed by atoms with Gasteiger partial charge in [-0.15, -0.1) is 0 Å². The maximum absolute atomic E-state index is 12.3. The van der Waals surface area contributed by atoms with Gasteiger partial charge in [-0.3, -0.25) is 4.79 Å². The standard InChI is InChI=1S/C20H25N3O2/c1-25-18-10-6-9-16(13-18)23-20(24)19-12-11-17(14-21-19)22-15-7-4-2-3-5-8-15/h6,9-15,22H,2-5,7-8H2,1H3,(H,23,24). The van der Waals surface area contributed by atoms with Gasteiger partial charge in [0.1, 0.15) is 11.4 Å². The number of rotatable bonds is 5. The van der Waals surface area contributed by atoms with Crippen molar-refractivity contribution in [2.75, 3.05) is 17.7 Å². The Kier molecular flexibility index (Phi) is 5.88. The zero-order valence-electron chi connectivity index (χ0n) is 14.6. The van der Waals surface area contributed by atoms with Crippen LogP contribution >= 0.6 is 0 Å². The molecule has 1 aliphatic carbocycles. The van der Waals surface area contributed by atoms with E-state index in [-0.39, 0.29) is 5.91 Å². The Morgan fingerprint density at radius 1 is 1.08 bits per heavy atom. The van der Waals surface area contributed by atoms with Gasteiger partial charge in [-0.25, -0.2) is 4.98 Å². The van der Waals surface area contributed by atoms with Crippen molar-refractivity contribution in [3.63, 3.8) is 0 Å². The summed E-state index contributed by atoms with van der Waals surface area (Å²) >= 11 is 0. The summed E-state index contributed by atoms with van der Waals surface area (Å²) in [7, 11) is 1.60. The summed E-state index contributed by atoms with van der Waals surface area (Å²) < 4.78 is 5.16. The number of nitrogens with one attached hydrogen (secondary N) is 2. The van der Waals surface area contributed by atoms with Gasteiger partial charge >= 0.3 is 0 Å². The molecule has 0 unspecified atom stereocenters. The number of aromatic nitrogens is 1. The summed E-state index contributed by atoms with van der Waals surface area (Å²) in [5, 5.41) is 6.38. The largest absolute Gasteiger partial charge is 0.497 e. The lowest BCUT2D eigenvalue weighted by Gasteiger charge is -2.17. The highest BCUT2D eigenvalue weighted by Gasteiger charge is 2.13. The third-order valence-corrected chi connectivity index (χ3v) is 4.55. The number of pyridine rings is 1. The highest BCUT2D eigenvalue weighted by Crippen LogP contribution is 2.21. The van der Waals surface area contributed by atoms with E-state index < -0.39 is 0 Å². The Balaban J connectivity index is 1.59. The summed E-state index contributed by atoms with van der Waals surface area (Å²) in [5.41, 5.74) is 2.06. The number of amides is 1. The van der Waals surface area contributed by atoms with Gasteiger partial charge in [-0.1, -0.05) is 31.7 Å². The molecule has 0 saturated heterocycles. The van der Waals surface area contributed by atoms with Crippen LogP contribution in [0, 0.1) is 0 Å². The average molecular weight is 339 g/mol. The normalized spacial score (nSPS) is 15.2. The van der Waals surface area contributed by atoms with Crippen LogP contribution < -0.4 is 15.4 Å². The molecule has 25 heavy (non-hydrogen) atoms. The fraction of sp³-hybridized carbons (Fsp3) is 0.400. The molecule has 5 nitrogen and oxygen atoms in total. The van der Waals surface area contributed by atoms with E-state index in [0.29, 0.717) is 23.2 Å². The summed E-state index contributed by atoms with van der Waals surface area (Å²) in [4.78, 5) is 16.6. The van der Waals surface area contributed by atoms with Crippen LogP contribution in [-0.4, -0.2) is 24.0 Å². The fourth-order valence-corrected chi connectivity index (χ4v) is 3.17. The fourth-order valence-electron chi connectivity index (χ4n) is 3.17. The predicted octanol–water partition coefficient (Wildman–Crippen LogP) is 4.48. The van der Waals surface area contributed by atoms with Crippen LogP contribution in [0.25, 0.3) is 0 Å². The Hall–Kier alpha value is -2.56. The summed E-state index contributed by atoms with van der Waals surface area (Å²) in [6.45, 7) is 0. The van der Waals surface area contributed by atoms with Crippen LogP contribution in [0.5, 0.6) is 5.75 Å². The number of carbonyl (C=O) groups is 1. The minimum atomic E-state index is -0.228. The number of nitrogens with zero attached hydrogens (tertiary/aromatic N) is 1. The first kappa shape index (κ1) is 17.3. The van der Waals surface area contributed by atoms with Gasteiger partial charge in [0.05, 0.1) is 19.0 Å². The summed E-state index contributed by atoms with van der Waals surface area (Å²) in [5.74, 6) is 0.475. The third kappa shape index (κ3) is 4.95. The van der Waals surface area contributed by atoms with E-state index in [1.54, 1.807) is 25.4 Å². The molecule has 0 atom stereocenters. The van der Waals surface area contributed by atoms with Gasteiger partial charge in [0.15, 0.2) is 0 Å². The third-order valence-electron chi connectivity index (χ3n) is 4.55. The van der Waals surface area contributed by atoms with Crippen molar-refractivity contribution in [1.82, 2.24) is 4.98 Å². The lowest BCUT2D eigenvalue weighted by atomic mass is 10.1. The molecular formula is C20H25N3O2. The van der Waals surface area contributed by atoms with Crippen molar-refractivity contribution in [3.8, 4) is 5.75 Å². The van der Waals surface area contributed by atoms with E-state index in [1.807, 2.05) is 24.3 Å². The second kappa shape index (κ2) is 8.51. The highest BCUT2D eigenvalue weighted by atomic mass is 16.5. The molecule has 2 N–H and O–H groups in total. The first-order chi connectivity index (χ1) is 12.2. The van der Waals surface area contributed by atoms with E-state index in [2.05, 4.69) is 15.6 Å². The molecule has 0 aliphatic heterocycles. The van der Waals surface area contributed by atoms with Crippen LogP contribution in [-0.2, 0) is 0 Å². The molecule has 3 rings (SSSR count). The number of hydrogen-bond acceptors (Lipinski definition) is 4. The maximum Gasteiger partial charge on any atom is 0.274 e. The molecule has 1 aromatic heterocycles. The van der Waals surface area contributed by atoms with Crippen LogP contribution in [0.3, 0.4) is 0 Å². The molecule has 1 aromatic carbocycles. The van der Waals surface area contributed by atoms with Crippen LogP contribution in [0.4, 0.5) is 11.4 Å². The van der Waals surface area contributed by atoms with Gasteiger partial charge in [0.25, 0.3) is 5.91 Å². The number of methoxy groups -OCH3 is 1.